The Morgan fingerprint density at radius 1 is 0.852 bits per heavy atom. The van der Waals surface area contributed by atoms with E-state index in [9.17, 15) is 9.59 Å². The van der Waals surface area contributed by atoms with Gasteiger partial charge in [-0.1, -0.05) is 35.9 Å². The summed E-state index contributed by atoms with van der Waals surface area (Å²) in [6, 6.07) is 22.8. The summed E-state index contributed by atoms with van der Waals surface area (Å²) in [7, 11) is 0. The maximum atomic E-state index is 12.0. The molecule has 0 bridgehead atoms. The van der Waals surface area contributed by atoms with Crippen LogP contribution < -0.4 is 10.2 Å². The second kappa shape index (κ2) is 8.58. The molecule has 27 heavy (non-hydrogen) atoms. The minimum absolute atomic E-state index is 0.278. The van der Waals surface area contributed by atoms with Crippen LogP contribution in [0.5, 0.6) is 5.75 Å². The van der Waals surface area contributed by atoms with Gasteiger partial charge in [0.2, 0.25) is 0 Å². The number of hydrazone groups is 1. The molecule has 1 amide bonds. The third kappa shape index (κ3) is 5.12. The highest BCUT2D eigenvalue weighted by atomic mass is 16.5. The van der Waals surface area contributed by atoms with E-state index in [2.05, 4.69) is 10.5 Å². The number of carbonyl (C=O) groups excluding carboxylic acids is 2. The fourth-order valence-electron chi connectivity index (χ4n) is 2.30. The molecule has 0 aliphatic carbocycles. The number of nitrogens with zero attached hydrogens (tertiary/aromatic N) is 1. The predicted molar refractivity (Wildman–Crippen MR) is 104 cm³/mol. The average molecular weight is 358 g/mol. The molecular weight excluding hydrogens is 340 g/mol. The zero-order chi connectivity index (χ0) is 19.1. The number of benzene rings is 3. The molecular formula is C22H18N2O3. The first-order valence-corrected chi connectivity index (χ1v) is 8.39. The van der Waals surface area contributed by atoms with Crippen LogP contribution in [0.3, 0.4) is 0 Å². The molecule has 0 aromatic heterocycles. The molecule has 0 saturated heterocycles. The molecule has 1 N–H and O–H groups in total. The Kier molecular flexibility index (Phi) is 5.74. The van der Waals surface area contributed by atoms with Gasteiger partial charge >= 0.3 is 5.97 Å². The number of amides is 1. The Morgan fingerprint density at radius 2 is 1.52 bits per heavy atom. The molecule has 3 rings (SSSR count). The van der Waals surface area contributed by atoms with Crippen LogP contribution in [-0.4, -0.2) is 18.1 Å². The van der Waals surface area contributed by atoms with E-state index < -0.39 is 5.97 Å². The fraction of sp³-hybridized carbons (Fsp3) is 0.0455. The van der Waals surface area contributed by atoms with Crippen LogP contribution in [0, 0.1) is 6.92 Å². The van der Waals surface area contributed by atoms with Crippen molar-refractivity contribution in [1.29, 1.82) is 0 Å². The summed E-state index contributed by atoms with van der Waals surface area (Å²) >= 11 is 0. The molecule has 0 spiro atoms. The van der Waals surface area contributed by atoms with Crippen molar-refractivity contribution in [2.45, 2.75) is 6.92 Å². The van der Waals surface area contributed by atoms with Crippen LogP contribution in [0.2, 0.25) is 0 Å². The van der Waals surface area contributed by atoms with Crippen LogP contribution in [0.4, 0.5) is 0 Å². The van der Waals surface area contributed by atoms with Gasteiger partial charge in [-0.15, -0.1) is 0 Å². The number of rotatable bonds is 5. The van der Waals surface area contributed by atoms with Gasteiger partial charge in [0.25, 0.3) is 5.91 Å². The summed E-state index contributed by atoms with van der Waals surface area (Å²) < 4.78 is 5.31. The van der Waals surface area contributed by atoms with Crippen LogP contribution in [-0.2, 0) is 0 Å². The first-order chi connectivity index (χ1) is 13.1. The highest BCUT2D eigenvalue weighted by molar-refractivity contribution is 5.95. The lowest BCUT2D eigenvalue weighted by Gasteiger charge is -2.04. The van der Waals surface area contributed by atoms with Crippen molar-refractivity contribution in [2.75, 3.05) is 0 Å². The molecule has 0 radical (unpaired) electrons. The lowest BCUT2D eigenvalue weighted by Crippen LogP contribution is -2.17. The Bertz CT molecular complexity index is 947. The third-order valence-electron chi connectivity index (χ3n) is 3.79. The SMILES string of the molecule is Cc1ccc(C(=O)N/N=C\c2ccc(OC(=O)c3ccccc3)cc2)cc1. The van der Waals surface area contributed by atoms with Crippen LogP contribution in [0.25, 0.3) is 0 Å². The molecule has 0 atom stereocenters. The number of esters is 1. The minimum atomic E-state index is -0.414. The quantitative estimate of drug-likeness (QED) is 0.325. The number of ether oxygens (including phenoxy) is 1. The Morgan fingerprint density at radius 3 is 2.19 bits per heavy atom. The van der Waals surface area contributed by atoms with Crippen LogP contribution >= 0.6 is 0 Å². The topological polar surface area (TPSA) is 67.8 Å². The Labute approximate surface area is 157 Å². The number of hydrogen-bond donors (Lipinski definition) is 1. The molecule has 0 aliphatic heterocycles. The summed E-state index contributed by atoms with van der Waals surface area (Å²) in [6.07, 6.45) is 1.52. The summed E-state index contributed by atoms with van der Waals surface area (Å²) in [4.78, 5) is 24.0. The standard InChI is InChI=1S/C22H18N2O3/c1-16-7-11-18(12-8-16)21(25)24-23-15-17-9-13-20(14-10-17)27-22(26)19-5-3-2-4-6-19/h2-15H,1H3,(H,24,25)/b23-15-. The van der Waals surface area contributed by atoms with Gasteiger partial charge in [-0.05, 0) is 61.0 Å². The van der Waals surface area contributed by atoms with Gasteiger partial charge in [0.15, 0.2) is 0 Å². The lowest BCUT2D eigenvalue weighted by atomic mass is 10.1. The van der Waals surface area contributed by atoms with Gasteiger partial charge in [-0.2, -0.15) is 5.10 Å². The minimum Gasteiger partial charge on any atom is -0.423 e. The smallest absolute Gasteiger partial charge is 0.343 e. The number of nitrogens with one attached hydrogen (secondary N) is 1. The van der Waals surface area contributed by atoms with Crippen molar-refractivity contribution >= 4 is 18.1 Å². The summed E-state index contributed by atoms with van der Waals surface area (Å²) in [5, 5.41) is 3.95. The molecule has 0 saturated carbocycles. The van der Waals surface area contributed by atoms with Gasteiger partial charge in [0, 0.05) is 5.56 Å². The van der Waals surface area contributed by atoms with Gasteiger partial charge in [-0.3, -0.25) is 4.79 Å². The maximum absolute atomic E-state index is 12.0. The summed E-state index contributed by atoms with van der Waals surface area (Å²) in [5.41, 5.74) is 5.36. The lowest BCUT2D eigenvalue weighted by molar-refractivity contribution is 0.0734. The van der Waals surface area contributed by atoms with Crippen molar-refractivity contribution in [2.24, 2.45) is 5.10 Å². The van der Waals surface area contributed by atoms with E-state index in [4.69, 9.17) is 4.74 Å². The van der Waals surface area contributed by atoms with E-state index in [0.717, 1.165) is 11.1 Å². The van der Waals surface area contributed by atoms with Crippen molar-refractivity contribution in [3.05, 3.63) is 101 Å². The predicted octanol–water partition coefficient (Wildman–Crippen LogP) is 3.98. The Balaban J connectivity index is 1.55. The van der Waals surface area contributed by atoms with Crippen molar-refractivity contribution < 1.29 is 14.3 Å². The summed E-state index contributed by atoms with van der Waals surface area (Å²) in [5.74, 6) is -0.258. The molecule has 134 valence electrons. The van der Waals surface area contributed by atoms with Crippen LogP contribution in [0.1, 0.15) is 31.8 Å². The van der Waals surface area contributed by atoms with Gasteiger partial charge < -0.3 is 4.74 Å². The van der Waals surface area contributed by atoms with Crippen LogP contribution in [0.15, 0.2) is 84.0 Å². The monoisotopic (exact) mass is 358 g/mol. The first kappa shape index (κ1) is 18.1. The Hall–Kier alpha value is -3.73. The number of aryl methyl sites for hydroxylation is 1. The van der Waals surface area contributed by atoms with E-state index in [-0.39, 0.29) is 5.91 Å². The highest BCUT2D eigenvalue weighted by Gasteiger charge is 2.07. The van der Waals surface area contributed by atoms with E-state index in [1.165, 1.54) is 6.21 Å². The zero-order valence-corrected chi connectivity index (χ0v) is 14.8. The molecule has 5 heteroatoms. The molecule has 3 aromatic rings. The first-order valence-electron chi connectivity index (χ1n) is 8.39. The zero-order valence-electron chi connectivity index (χ0n) is 14.8. The molecule has 0 heterocycles. The average Bonchev–Trinajstić information content (AvgIpc) is 2.70. The fourth-order valence-corrected chi connectivity index (χ4v) is 2.30. The summed E-state index contributed by atoms with van der Waals surface area (Å²) in [6.45, 7) is 1.96. The van der Waals surface area contributed by atoms with E-state index in [1.54, 1.807) is 60.7 Å². The molecule has 0 fully saturated rings. The molecule has 3 aromatic carbocycles. The normalized spacial score (nSPS) is 10.6. The van der Waals surface area contributed by atoms with Crippen molar-refractivity contribution in [3.8, 4) is 5.75 Å². The molecule has 5 nitrogen and oxygen atoms in total. The van der Waals surface area contributed by atoms with Gasteiger partial charge in [-0.25, -0.2) is 10.2 Å². The number of carbonyl (C=O) groups is 2. The second-order valence-electron chi connectivity index (χ2n) is 5.89. The maximum Gasteiger partial charge on any atom is 0.343 e. The largest absolute Gasteiger partial charge is 0.423 e. The van der Waals surface area contributed by atoms with Crippen molar-refractivity contribution in [1.82, 2.24) is 5.43 Å². The second-order valence-corrected chi connectivity index (χ2v) is 5.89. The van der Waals surface area contributed by atoms with E-state index in [1.807, 2.05) is 25.1 Å². The highest BCUT2D eigenvalue weighted by Crippen LogP contribution is 2.13. The number of hydrogen-bond acceptors (Lipinski definition) is 4. The third-order valence-corrected chi connectivity index (χ3v) is 3.79. The van der Waals surface area contributed by atoms with Gasteiger partial charge in [0.1, 0.15) is 5.75 Å². The van der Waals surface area contributed by atoms with Crippen molar-refractivity contribution in [3.63, 3.8) is 0 Å². The molecule has 0 aliphatic rings. The molecule has 0 unspecified atom stereocenters. The van der Waals surface area contributed by atoms with E-state index in [0.29, 0.717) is 16.9 Å². The van der Waals surface area contributed by atoms with E-state index >= 15 is 0 Å². The van der Waals surface area contributed by atoms with Gasteiger partial charge in [0.05, 0.1) is 11.8 Å².